The van der Waals surface area contributed by atoms with Gasteiger partial charge in [0.1, 0.15) is 0 Å². The number of alkyl halides is 2. The maximum atomic E-state index is 12.2. The molecular weight excluding hydrogens is 198 g/mol. The van der Waals surface area contributed by atoms with Crippen molar-refractivity contribution < 1.29 is 18.8 Å². The highest BCUT2D eigenvalue weighted by molar-refractivity contribution is 5.41. The van der Waals surface area contributed by atoms with Gasteiger partial charge in [-0.3, -0.25) is 0 Å². The van der Waals surface area contributed by atoms with Crippen molar-refractivity contribution in [3.63, 3.8) is 0 Å². The summed E-state index contributed by atoms with van der Waals surface area (Å²) in [6, 6.07) is 0.932. The van der Waals surface area contributed by atoms with Crippen LogP contribution in [0.25, 0.3) is 0 Å². The van der Waals surface area contributed by atoms with Crippen molar-refractivity contribution in [3.8, 4) is 5.75 Å². The van der Waals surface area contributed by atoms with Crippen LogP contribution in [0, 0.1) is 17.0 Å². The summed E-state index contributed by atoms with van der Waals surface area (Å²) in [4.78, 5) is 12.4. The number of rotatable bonds is 2. The first-order chi connectivity index (χ1) is 6.43. The van der Waals surface area contributed by atoms with Crippen LogP contribution in [0.2, 0.25) is 0 Å². The number of aromatic hydroxyl groups is 1. The number of aromatic nitrogens is 1. The minimum absolute atomic E-state index is 0.00185. The number of nitro groups is 1. The van der Waals surface area contributed by atoms with Crippen LogP contribution in [-0.4, -0.2) is 15.0 Å². The van der Waals surface area contributed by atoms with Crippen LogP contribution in [-0.2, 0) is 0 Å². The zero-order valence-electron chi connectivity index (χ0n) is 7.07. The molecule has 0 spiro atoms. The smallest absolute Gasteiger partial charge is 0.364 e. The van der Waals surface area contributed by atoms with Crippen LogP contribution in [0.3, 0.4) is 0 Å². The summed E-state index contributed by atoms with van der Waals surface area (Å²) >= 11 is 0. The van der Waals surface area contributed by atoms with Crippen LogP contribution < -0.4 is 0 Å². The second kappa shape index (κ2) is 3.52. The van der Waals surface area contributed by atoms with Gasteiger partial charge in [0.05, 0.1) is 0 Å². The first-order valence-corrected chi connectivity index (χ1v) is 3.56. The molecule has 0 bridgehead atoms. The molecule has 7 heteroatoms. The lowest BCUT2D eigenvalue weighted by Gasteiger charge is -2.01. The fraction of sp³-hybridized carbons (Fsp3) is 0.286. The van der Waals surface area contributed by atoms with Crippen molar-refractivity contribution >= 4 is 5.82 Å². The normalized spacial score (nSPS) is 10.6. The number of pyridine rings is 1. The Morgan fingerprint density at radius 3 is 2.64 bits per heavy atom. The Labute approximate surface area is 77.2 Å². The lowest BCUT2D eigenvalue weighted by Crippen LogP contribution is -1.99. The average Bonchev–Trinajstić information content (AvgIpc) is 2.08. The molecule has 0 atom stereocenters. The van der Waals surface area contributed by atoms with Gasteiger partial charge < -0.3 is 15.2 Å². The van der Waals surface area contributed by atoms with Gasteiger partial charge in [-0.1, -0.05) is 0 Å². The Morgan fingerprint density at radius 1 is 1.64 bits per heavy atom. The molecule has 1 rings (SSSR count). The van der Waals surface area contributed by atoms with Crippen LogP contribution in [0.1, 0.15) is 17.7 Å². The highest BCUT2D eigenvalue weighted by Gasteiger charge is 2.25. The maximum absolute atomic E-state index is 12.2. The van der Waals surface area contributed by atoms with Gasteiger partial charge in [-0.05, 0) is 16.8 Å². The third kappa shape index (κ3) is 1.76. The summed E-state index contributed by atoms with van der Waals surface area (Å²) in [6.07, 6.45) is -3.03. The van der Waals surface area contributed by atoms with E-state index in [0.717, 1.165) is 6.07 Å². The van der Waals surface area contributed by atoms with Crippen molar-refractivity contribution in [1.82, 2.24) is 4.98 Å². The van der Waals surface area contributed by atoms with E-state index in [1.807, 2.05) is 0 Å². The summed E-state index contributed by atoms with van der Waals surface area (Å²) < 4.78 is 24.4. The Kier molecular flexibility index (Phi) is 2.59. The third-order valence-electron chi connectivity index (χ3n) is 1.59. The Hall–Kier alpha value is -1.79. The quantitative estimate of drug-likeness (QED) is 0.589. The summed E-state index contributed by atoms with van der Waals surface area (Å²) in [6.45, 7) is 1.29. The third-order valence-corrected chi connectivity index (χ3v) is 1.59. The largest absolute Gasteiger partial charge is 0.504 e. The molecule has 1 aromatic heterocycles. The van der Waals surface area contributed by atoms with Crippen molar-refractivity contribution in [1.29, 1.82) is 0 Å². The van der Waals surface area contributed by atoms with E-state index in [1.54, 1.807) is 0 Å². The van der Waals surface area contributed by atoms with Crippen LogP contribution >= 0.6 is 0 Å². The van der Waals surface area contributed by atoms with E-state index in [9.17, 15) is 18.9 Å². The molecule has 0 unspecified atom stereocenters. The molecule has 0 aliphatic carbocycles. The van der Waals surface area contributed by atoms with E-state index in [4.69, 9.17) is 5.11 Å². The molecule has 0 fully saturated rings. The minimum Gasteiger partial charge on any atom is -0.504 e. The molecule has 14 heavy (non-hydrogen) atoms. The summed E-state index contributed by atoms with van der Waals surface area (Å²) in [5, 5.41) is 19.4. The molecule has 0 amide bonds. The Morgan fingerprint density at radius 2 is 2.21 bits per heavy atom. The first kappa shape index (κ1) is 10.3. The second-order valence-electron chi connectivity index (χ2n) is 2.59. The van der Waals surface area contributed by atoms with Crippen LogP contribution in [0.5, 0.6) is 5.75 Å². The zero-order valence-corrected chi connectivity index (χ0v) is 7.07. The predicted octanol–water partition coefficient (Wildman–Crippen LogP) is 1.94. The topological polar surface area (TPSA) is 76.3 Å². The van der Waals surface area contributed by atoms with Gasteiger partial charge >= 0.3 is 12.2 Å². The maximum Gasteiger partial charge on any atom is 0.364 e. The monoisotopic (exact) mass is 204 g/mol. The van der Waals surface area contributed by atoms with E-state index in [1.165, 1.54) is 6.92 Å². The molecule has 0 aromatic carbocycles. The second-order valence-corrected chi connectivity index (χ2v) is 2.59. The van der Waals surface area contributed by atoms with Crippen molar-refractivity contribution in [2.75, 3.05) is 0 Å². The van der Waals surface area contributed by atoms with Crippen molar-refractivity contribution in [3.05, 3.63) is 27.4 Å². The fourth-order valence-electron chi connectivity index (χ4n) is 0.918. The molecule has 76 valence electrons. The number of halogens is 2. The number of nitrogens with zero attached hydrogens (tertiary/aromatic N) is 2. The summed E-state index contributed by atoms with van der Waals surface area (Å²) in [5.74, 6) is -1.40. The van der Waals surface area contributed by atoms with Gasteiger partial charge in [0, 0.05) is 11.6 Å². The SMILES string of the molecule is Cc1cc([N+](=O)[O-])nc(C(F)F)c1O. The van der Waals surface area contributed by atoms with Gasteiger partial charge in [0.15, 0.2) is 5.75 Å². The molecule has 1 heterocycles. The van der Waals surface area contributed by atoms with E-state index >= 15 is 0 Å². The molecule has 0 saturated carbocycles. The lowest BCUT2D eigenvalue weighted by atomic mass is 10.2. The lowest BCUT2D eigenvalue weighted by molar-refractivity contribution is -0.389. The molecule has 1 aromatic rings. The molecular formula is C7H6F2N2O3. The highest BCUT2D eigenvalue weighted by Crippen LogP contribution is 2.31. The minimum atomic E-state index is -3.03. The highest BCUT2D eigenvalue weighted by atomic mass is 19.3. The van der Waals surface area contributed by atoms with E-state index in [0.29, 0.717) is 0 Å². The molecule has 0 aliphatic heterocycles. The number of hydrogen-bond donors (Lipinski definition) is 1. The standard InChI is InChI=1S/C7H6F2N2O3/c1-3-2-4(11(13)14)10-5(6(3)12)7(8)9/h2,7,12H,1H3. The Bertz CT molecular complexity index is 381. The molecule has 0 saturated heterocycles. The van der Waals surface area contributed by atoms with Gasteiger partial charge in [-0.25, -0.2) is 8.78 Å². The zero-order chi connectivity index (χ0) is 10.9. The molecule has 1 N–H and O–H groups in total. The number of hydrogen-bond acceptors (Lipinski definition) is 4. The Balaban J connectivity index is 3.35. The average molecular weight is 204 g/mol. The molecule has 0 aliphatic rings. The first-order valence-electron chi connectivity index (χ1n) is 3.56. The molecule has 0 radical (unpaired) electrons. The predicted molar refractivity (Wildman–Crippen MR) is 42.3 cm³/mol. The van der Waals surface area contributed by atoms with Crippen LogP contribution in [0.15, 0.2) is 6.07 Å². The van der Waals surface area contributed by atoms with E-state index in [2.05, 4.69) is 4.98 Å². The summed E-state index contributed by atoms with van der Waals surface area (Å²) in [7, 11) is 0. The van der Waals surface area contributed by atoms with E-state index in [-0.39, 0.29) is 5.56 Å². The van der Waals surface area contributed by atoms with Gasteiger partial charge in [-0.2, -0.15) is 0 Å². The van der Waals surface area contributed by atoms with Crippen molar-refractivity contribution in [2.24, 2.45) is 0 Å². The van der Waals surface area contributed by atoms with Gasteiger partial charge in [0.2, 0.25) is 0 Å². The summed E-state index contributed by atoms with van der Waals surface area (Å²) in [5.41, 5.74) is -0.960. The van der Waals surface area contributed by atoms with Gasteiger partial charge in [-0.15, -0.1) is 0 Å². The molecule has 5 nitrogen and oxygen atoms in total. The van der Waals surface area contributed by atoms with Crippen LogP contribution in [0.4, 0.5) is 14.6 Å². The van der Waals surface area contributed by atoms with Gasteiger partial charge in [0.25, 0.3) is 5.69 Å². The van der Waals surface area contributed by atoms with E-state index < -0.39 is 28.6 Å². The van der Waals surface area contributed by atoms with Crippen molar-refractivity contribution in [2.45, 2.75) is 13.3 Å². The number of aryl methyl sites for hydroxylation is 1. The fourth-order valence-corrected chi connectivity index (χ4v) is 0.918.